The lowest BCUT2D eigenvalue weighted by molar-refractivity contribution is -0.175. The molecular formula is C21H21F6N7O3. The third-order valence-electron chi connectivity index (χ3n) is 6.97. The summed E-state index contributed by atoms with van der Waals surface area (Å²) >= 11 is 0. The number of aromatic amines is 1. The van der Waals surface area contributed by atoms with E-state index in [1.165, 1.54) is 4.90 Å². The first-order valence-corrected chi connectivity index (χ1v) is 11.4. The molecule has 0 bridgehead atoms. The topological polar surface area (TPSA) is 119 Å². The Bertz CT molecular complexity index is 1250. The standard InChI is InChI=1S/C21H21F6N7O3/c22-20(23,24)11-7-28-18(29-8-11)33-5-3-32(4-6-33)17(36)19(37)9-34(10-19)13-2-1-12-14(21(25,26)27)16(35)31-30-15(12)13/h7-8,13,37H,1-6,9-10H2,(H,31,35)/t13-/m0/s1. The molecule has 37 heavy (non-hydrogen) atoms. The van der Waals surface area contributed by atoms with Gasteiger partial charge in [-0.05, 0) is 18.4 Å². The van der Waals surface area contributed by atoms with Crippen LogP contribution in [0.4, 0.5) is 32.3 Å². The minimum atomic E-state index is -4.82. The Morgan fingerprint density at radius 1 is 1.03 bits per heavy atom. The van der Waals surface area contributed by atoms with E-state index < -0.39 is 46.6 Å². The largest absolute Gasteiger partial charge is 0.422 e. The zero-order valence-corrected chi connectivity index (χ0v) is 19.1. The number of carbonyl (C=O) groups excluding carboxylic acids is 1. The number of fused-ring (bicyclic) bond motifs is 1. The molecule has 5 rings (SSSR count). The lowest BCUT2D eigenvalue weighted by atomic mass is 9.89. The van der Waals surface area contributed by atoms with Crippen LogP contribution in [0.1, 0.15) is 34.8 Å². The van der Waals surface area contributed by atoms with E-state index in [0.29, 0.717) is 12.4 Å². The van der Waals surface area contributed by atoms with Gasteiger partial charge in [-0.1, -0.05) is 0 Å². The van der Waals surface area contributed by atoms with Crippen LogP contribution >= 0.6 is 0 Å². The molecule has 2 N–H and O–H groups in total. The Balaban J connectivity index is 1.20. The number of hydrogen-bond acceptors (Lipinski definition) is 8. The van der Waals surface area contributed by atoms with Crippen molar-refractivity contribution >= 4 is 11.9 Å². The van der Waals surface area contributed by atoms with Crippen molar-refractivity contribution in [1.29, 1.82) is 0 Å². The number of β-amino-alcohol motifs (C(OH)–C–C–N with tert-alkyl or cyclic N) is 1. The van der Waals surface area contributed by atoms with Crippen molar-refractivity contribution in [2.75, 3.05) is 44.2 Å². The highest BCUT2D eigenvalue weighted by Crippen LogP contribution is 2.43. The molecule has 0 saturated carbocycles. The van der Waals surface area contributed by atoms with E-state index in [0.717, 1.165) is 0 Å². The van der Waals surface area contributed by atoms with Gasteiger partial charge in [0.2, 0.25) is 5.95 Å². The maximum absolute atomic E-state index is 13.4. The molecule has 1 atom stereocenters. The minimum Gasteiger partial charge on any atom is -0.377 e. The van der Waals surface area contributed by atoms with Crippen molar-refractivity contribution in [3.8, 4) is 0 Å². The zero-order valence-electron chi connectivity index (χ0n) is 19.1. The van der Waals surface area contributed by atoms with Gasteiger partial charge >= 0.3 is 12.4 Å². The number of halogens is 6. The Labute approximate surface area is 204 Å². The molecule has 16 heteroatoms. The van der Waals surface area contributed by atoms with Crippen LogP contribution < -0.4 is 10.5 Å². The van der Waals surface area contributed by atoms with Crippen molar-refractivity contribution < 1.29 is 36.2 Å². The average molecular weight is 533 g/mol. The lowest BCUT2D eigenvalue weighted by Crippen LogP contribution is -2.70. The van der Waals surface area contributed by atoms with E-state index in [2.05, 4.69) is 15.1 Å². The van der Waals surface area contributed by atoms with Gasteiger partial charge in [-0.3, -0.25) is 14.5 Å². The monoisotopic (exact) mass is 533 g/mol. The molecule has 0 unspecified atom stereocenters. The van der Waals surface area contributed by atoms with Gasteiger partial charge in [-0.2, -0.15) is 31.4 Å². The molecule has 4 heterocycles. The quantitative estimate of drug-likeness (QED) is 0.561. The summed E-state index contributed by atoms with van der Waals surface area (Å²) in [7, 11) is 0. The summed E-state index contributed by atoms with van der Waals surface area (Å²) in [5.74, 6) is -0.447. The van der Waals surface area contributed by atoms with Crippen molar-refractivity contribution in [3.63, 3.8) is 0 Å². The fourth-order valence-corrected chi connectivity index (χ4v) is 5.12. The molecule has 2 aromatic heterocycles. The third kappa shape index (κ3) is 4.52. The molecule has 1 amide bonds. The Morgan fingerprint density at radius 3 is 2.22 bits per heavy atom. The predicted molar refractivity (Wildman–Crippen MR) is 113 cm³/mol. The van der Waals surface area contributed by atoms with Crippen LogP contribution in [0.25, 0.3) is 0 Å². The van der Waals surface area contributed by atoms with Gasteiger partial charge in [0.25, 0.3) is 11.5 Å². The number of nitrogens with one attached hydrogen (secondary N) is 1. The molecule has 10 nitrogen and oxygen atoms in total. The number of aromatic nitrogens is 4. The molecular weight excluding hydrogens is 512 g/mol. The summed E-state index contributed by atoms with van der Waals surface area (Å²) in [6, 6.07) is -0.574. The molecule has 2 aromatic rings. The first-order valence-electron chi connectivity index (χ1n) is 11.4. The smallest absolute Gasteiger partial charge is 0.377 e. The van der Waals surface area contributed by atoms with Gasteiger partial charge in [0, 0.05) is 51.7 Å². The van der Waals surface area contributed by atoms with E-state index in [1.54, 1.807) is 9.80 Å². The van der Waals surface area contributed by atoms with Crippen LogP contribution in [0, 0.1) is 0 Å². The highest BCUT2D eigenvalue weighted by molar-refractivity contribution is 5.87. The molecule has 3 aliphatic rings. The van der Waals surface area contributed by atoms with Gasteiger partial charge < -0.3 is 14.9 Å². The number of likely N-dealkylation sites (tertiary alicyclic amines) is 1. The summed E-state index contributed by atoms with van der Waals surface area (Å²) in [5.41, 5.74) is -5.34. The number of anilines is 1. The second kappa shape index (κ2) is 8.65. The SMILES string of the molecule is O=C(N1CCN(c2ncc(C(F)(F)F)cn2)CC1)C1(O)CN([C@H]2CCc3c2n[nH]c(=O)c3C(F)(F)F)C1. The number of nitrogens with zero attached hydrogens (tertiary/aromatic N) is 6. The van der Waals surface area contributed by atoms with E-state index in [-0.39, 0.29) is 69.3 Å². The Morgan fingerprint density at radius 2 is 1.65 bits per heavy atom. The Hall–Kier alpha value is -3.27. The summed E-state index contributed by atoms with van der Waals surface area (Å²) in [6.45, 7) is 0.612. The van der Waals surface area contributed by atoms with Crippen LogP contribution in [-0.4, -0.2) is 85.8 Å². The number of amides is 1. The lowest BCUT2D eigenvalue weighted by Gasteiger charge is -2.50. The van der Waals surface area contributed by atoms with Crippen molar-refractivity contribution in [1.82, 2.24) is 30.0 Å². The average Bonchev–Trinajstić information content (AvgIpc) is 3.23. The summed E-state index contributed by atoms with van der Waals surface area (Å²) < 4.78 is 78.2. The van der Waals surface area contributed by atoms with Gasteiger partial charge in [0.15, 0.2) is 5.60 Å². The third-order valence-corrected chi connectivity index (χ3v) is 6.97. The number of aliphatic hydroxyl groups is 1. The first-order chi connectivity index (χ1) is 17.3. The van der Waals surface area contributed by atoms with Crippen LogP contribution in [0.5, 0.6) is 0 Å². The van der Waals surface area contributed by atoms with Gasteiger partial charge in [-0.25, -0.2) is 15.1 Å². The Kier molecular flexibility index (Phi) is 5.93. The van der Waals surface area contributed by atoms with Crippen molar-refractivity contribution in [3.05, 3.63) is 45.1 Å². The van der Waals surface area contributed by atoms with Crippen molar-refractivity contribution in [2.45, 2.75) is 36.8 Å². The molecule has 1 aliphatic carbocycles. The normalized spacial score (nSPS) is 22.1. The first kappa shape index (κ1) is 25.4. The van der Waals surface area contributed by atoms with E-state index in [9.17, 15) is 41.0 Å². The molecule has 0 aromatic carbocycles. The van der Waals surface area contributed by atoms with Gasteiger partial charge in [0.1, 0.15) is 5.56 Å². The van der Waals surface area contributed by atoms with E-state index in [4.69, 9.17) is 0 Å². The zero-order chi connectivity index (χ0) is 26.8. The highest BCUT2D eigenvalue weighted by atomic mass is 19.4. The molecule has 0 radical (unpaired) electrons. The molecule has 2 saturated heterocycles. The van der Waals surface area contributed by atoms with Crippen molar-refractivity contribution in [2.24, 2.45) is 0 Å². The highest BCUT2D eigenvalue weighted by Gasteiger charge is 2.54. The molecule has 2 fully saturated rings. The summed E-state index contributed by atoms with van der Waals surface area (Å²) in [6.07, 6.45) is -7.73. The second-order valence-corrected chi connectivity index (χ2v) is 9.33. The molecule has 200 valence electrons. The number of piperazine rings is 1. The predicted octanol–water partition coefficient (Wildman–Crippen LogP) is 0.980. The minimum absolute atomic E-state index is 0.00260. The van der Waals surface area contributed by atoms with E-state index in [1.807, 2.05) is 5.10 Å². The molecule has 2 aliphatic heterocycles. The second-order valence-electron chi connectivity index (χ2n) is 9.33. The van der Waals surface area contributed by atoms with Crippen LogP contribution in [0.15, 0.2) is 17.2 Å². The number of alkyl halides is 6. The molecule has 0 spiro atoms. The summed E-state index contributed by atoms with van der Waals surface area (Å²) in [5, 5.41) is 16.6. The fraction of sp³-hybridized carbons (Fsp3) is 0.571. The van der Waals surface area contributed by atoms with Crippen LogP contribution in [-0.2, 0) is 23.6 Å². The maximum atomic E-state index is 13.4. The number of hydrogen-bond donors (Lipinski definition) is 2. The number of carbonyl (C=O) groups is 1. The van der Waals surface area contributed by atoms with Crippen LogP contribution in [0.2, 0.25) is 0 Å². The number of rotatable bonds is 3. The van der Waals surface area contributed by atoms with Crippen LogP contribution in [0.3, 0.4) is 0 Å². The van der Waals surface area contributed by atoms with Gasteiger partial charge in [0.05, 0.1) is 17.3 Å². The number of H-pyrrole nitrogens is 1. The summed E-state index contributed by atoms with van der Waals surface area (Å²) in [4.78, 5) is 36.9. The fourth-order valence-electron chi connectivity index (χ4n) is 5.12. The maximum Gasteiger partial charge on any atom is 0.422 e. The van der Waals surface area contributed by atoms with Gasteiger partial charge in [-0.15, -0.1) is 0 Å². The van der Waals surface area contributed by atoms with E-state index >= 15 is 0 Å².